The van der Waals surface area contributed by atoms with E-state index in [4.69, 9.17) is 0 Å². The Kier molecular flexibility index (Phi) is 8.16. The highest BCUT2D eigenvalue weighted by Gasteiger charge is 2.42. The minimum absolute atomic E-state index is 0.0368. The molecule has 2 fully saturated rings. The maximum atomic E-state index is 2.64. The molecule has 0 aromatic rings. The molecule has 0 nitrogen and oxygen atoms in total. The van der Waals surface area contributed by atoms with Crippen molar-refractivity contribution in [1.82, 2.24) is 0 Å². The second-order valence-electron chi connectivity index (χ2n) is 11.9. The van der Waals surface area contributed by atoms with Crippen molar-refractivity contribution in [3.8, 4) is 0 Å². The highest BCUT2D eigenvalue weighted by molar-refractivity contribution is 7.64. The first kappa shape index (κ1) is 24.0. The Morgan fingerprint density at radius 2 is 1.21 bits per heavy atom. The number of hydrogen-bond donors (Lipinski definition) is 0. The topological polar surface area (TPSA) is 0 Å². The zero-order valence-corrected chi connectivity index (χ0v) is 22.3. The first-order chi connectivity index (χ1) is 13.6. The van der Waals surface area contributed by atoms with Crippen LogP contribution in [-0.4, -0.2) is 27.3 Å². The summed E-state index contributed by atoms with van der Waals surface area (Å²) in [6.45, 7) is 17.7. The molecule has 0 N–H and O–H groups in total. The smallest absolute Gasteiger partial charge is 0.000586 e. The van der Waals surface area contributed by atoms with E-state index in [-0.39, 0.29) is 15.8 Å². The molecular formula is C27H48P2. The molecule has 3 aliphatic carbocycles. The van der Waals surface area contributed by atoms with Crippen LogP contribution < -0.4 is 0 Å². The van der Waals surface area contributed by atoms with E-state index in [1.54, 1.807) is 0 Å². The normalized spacial score (nSPS) is 24.2. The van der Waals surface area contributed by atoms with Gasteiger partial charge in [-0.2, -0.15) is 0 Å². The summed E-state index contributed by atoms with van der Waals surface area (Å²) in [7, 11) is -0.0519. The summed E-state index contributed by atoms with van der Waals surface area (Å²) < 4.78 is 0. The van der Waals surface area contributed by atoms with Gasteiger partial charge in [0.2, 0.25) is 0 Å². The number of rotatable bonds is 5. The molecule has 1 atom stereocenters. The first-order valence-corrected chi connectivity index (χ1v) is 15.5. The van der Waals surface area contributed by atoms with Gasteiger partial charge in [-0.25, -0.2) is 0 Å². The lowest BCUT2D eigenvalue weighted by molar-refractivity contribution is 0.486. The maximum absolute atomic E-state index is 2.64. The quantitative estimate of drug-likeness (QED) is 0.378. The highest BCUT2D eigenvalue weighted by Crippen LogP contribution is 2.68. The minimum Gasteiger partial charge on any atom is -0.0885 e. The van der Waals surface area contributed by atoms with E-state index in [9.17, 15) is 0 Å². The van der Waals surface area contributed by atoms with E-state index in [0.29, 0.717) is 10.3 Å². The molecule has 3 rings (SSSR count). The van der Waals surface area contributed by atoms with Gasteiger partial charge in [0.15, 0.2) is 0 Å². The molecule has 2 heteroatoms. The summed E-state index contributed by atoms with van der Waals surface area (Å²) in [6.07, 6.45) is 21.5. The van der Waals surface area contributed by atoms with Crippen LogP contribution in [0.25, 0.3) is 0 Å². The van der Waals surface area contributed by atoms with Gasteiger partial charge in [0, 0.05) is 0 Å². The van der Waals surface area contributed by atoms with E-state index in [1.165, 1.54) is 70.6 Å². The van der Waals surface area contributed by atoms with Gasteiger partial charge < -0.3 is 0 Å². The van der Waals surface area contributed by atoms with E-state index in [1.807, 2.05) is 10.9 Å². The number of hydrogen-bond acceptors (Lipinski definition) is 0. The van der Waals surface area contributed by atoms with Crippen LogP contribution in [0.15, 0.2) is 23.0 Å². The van der Waals surface area contributed by atoms with Gasteiger partial charge in [0.05, 0.1) is 0 Å². The second-order valence-corrected chi connectivity index (χ2v) is 18.9. The van der Waals surface area contributed by atoms with Crippen molar-refractivity contribution in [3.05, 3.63) is 23.0 Å². The minimum atomic E-state index is -0.0888. The van der Waals surface area contributed by atoms with Crippen LogP contribution in [-0.2, 0) is 0 Å². The summed E-state index contributed by atoms with van der Waals surface area (Å²) in [5.41, 5.74) is 4.69. The Morgan fingerprint density at radius 3 is 1.62 bits per heavy atom. The van der Waals surface area contributed by atoms with Crippen LogP contribution in [0.1, 0.15) is 119 Å². The monoisotopic (exact) mass is 434 g/mol. The largest absolute Gasteiger partial charge is 0.0885 e. The molecule has 166 valence electrons. The van der Waals surface area contributed by atoms with E-state index >= 15 is 0 Å². The highest BCUT2D eigenvalue weighted by atomic mass is 31.1. The lowest BCUT2D eigenvalue weighted by atomic mass is 9.99. The summed E-state index contributed by atoms with van der Waals surface area (Å²) in [5.74, 6) is 0. The average Bonchev–Trinajstić information content (AvgIpc) is 3.11. The Morgan fingerprint density at radius 1 is 0.759 bits per heavy atom. The molecule has 0 aromatic heterocycles. The Balaban J connectivity index is 1.97. The average molecular weight is 435 g/mol. The predicted octanol–water partition coefficient (Wildman–Crippen LogP) is 9.82. The fourth-order valence-electron chi connectivity index (χ4n) is 6.88. The third kappa shape index (κ3) is 5.78. The van der Waals surface area contributed by atoms with Crippen molar-refractivity contribution in [3.63, 3.8) is 0 Å². The van der Waals surface area contributed by atoms with Gasteiger partial charge in [-0.05, 0) is 64.7 Å². The van der Waals surface area contributed by atoms with Crippen molar-refractivity contribution < 1.29 is 0 Å². The molecule has 2 saturated carbocycles. The van der Waals surface area contributed by atoms with Crippen molar-refractivity contribution in [1.29, 1.82) is 0 Å². The summed E-state index contributed by atoms with van der Waals surface area (Å²) in [6, 6.07) is 0. The van der Waals surface area contributed by atoms with Crippen molar-refractivity contribution in [2.24, 2.45) is 0 Å². The SMILES string of the molecule is CC(C1=C(P(C2CCCCC2)C2CCCCC2)C=CC1)P(C(C)(C)C)C(C)(C)C. The van der Waals surface area contributed by atoms with Crippen LogP contribution in [0, 0.1) is 0 Å². The van der Waals surface area contributed by atoms with Gasteiger partial charge in [-0.15, -0.1) is 0 Å². The van der Waals surface area contributed by atoms with Gasteiger partial charge in [0.1, 0.15) is 0 Å². The molecule has 0 amide bonds. The Hall–Kier alpha value is 0.340. The van der Waals surface area contributed by atoms with E-state index in [0.717, 1.165) is 17.0 Å². The number of allylic oxidation sites excluding steroid dienone is 4. The van der Waals surface area contributed by atoms with Crippen LogP contribution in [0.3, 0.4) is 0 Å². The van der Waals surface area contributed by atoms with Crippen LogP contribution >= 0.6 is 15.8 Å². The standard InChI is InChI=1S/C27H48P2/c1-21(29(26(2,3)4)27(5,6)7)24-19-14-20-25(24)28(22-15-10-8-11-16-22)23-17-12-9-13-18-23/h14,20-23H,8-13,15-19H2,1-7H3. The molecular weight excluding hydrogens is 386 g/mol. The molecule has 3 aliphatic rings. The van der Waals surface area contributed by atoms with Crippen LogP contribution in [0.4, 0.5) is 0 Å². The zero-order valence-electron chi connectivity index (χ0n) is 20.6. The molecule has 0 bridgehead atoms. The van der Waals surface area contributed by atoms with E-state index < -0.39 is 0 Å². The Labute approximate surface area is 185 Å². The lowest BCUT2D eigenvalue weighted by Gasteiger charge is -2.47. The molecule has 0 saturated heterocycles. The second kappa shape index (κ2) is 9.86. The molecule has 0 aliphatic heterocycles. The van der Waals surface area contributed by atoms with E-state index in [2.05, 4.69) is 60.6 Å². The van der Waals surface area contributed by atoms with Crippen molar-refractivity contribution in [2.75, 3.05) is 0 Å². The molecule has 0 radical (unpaired) electrons. The van der Waals surface area contributed by atoms with Crippen LogP contribution in [0.5, 0.6) is 0 Å². The summed E-state index contributed by atoms with van der Waals surface area (Å²) in [5, 5.41) is 2.71. The molecule has 0 aromatic carbocycles. The third-order valence-corrected chi connectivity index (χ3v) is 15.1. The molecule has 0 spiro atoms. The molecule has 1 unspecified atom stereocenters. The maximum Gasteiger partial charge on any atom is -0.000586 e. The fraction of sp³-hybridized carbons (Fsp3) is 0.852. The lowest BCUT2D eigenvalue weighted by Crippen LogP contribution is -2.31. The fourth-order valence-corrected chi connectivity index (χ4v) is 16.0. The van der Waals surface area contributed by atoms with Gasteiger partial charge in [0.25, 0.3) is 0 Å². The predicted molar refractivity (Wildman–Crippen MR) is 137 cm³/mol. The van der Waals surface area contributed by atoms with Gasteiger partial charge in [-0.3, -0.25) is 0 Å². The summed E-state index contributed by atoms with van der Waals surface area (Å²) in [4.78, 5) is 0. The zero-order chi connectivity index (χ0) is 21.2. The van der Waals surface area contributed by atoms with Gasteiger partial charge >= 0.3 is 0 Å². The van der Waals surface area contributed by atoms with Gasteiger partial charge in [-0.1, -0.05) is 121 Å². The molecule has 29 heavy (non-hydrogen) atoms. The summed E-state index contributed by atoms with van der Waals surface area (Å²) >= 11 is 0. The van der Waals surface area contributed by atoms with Crippen molar-refractivity contribution in [2.45, 2.75) is 146 Å². The third-order valence-electron chi connectivity index (χ3n) is 7.49. The Bertz CT molecular complexity index is 557. The first-order valence-electron chi connectivity index (χ1n) is 12.6. The van der Waals surface area contributed by atoms with Crippen molar-refractivity contribution >= 4 is 15.8 Å². The molecule has 0 heterocycles. The van der Waals surface area contributed by atoms with Crippen LogP contribution in [0.2, 0.25) is 0 Å².